The summed E-state index contributed by atoms with van der Waals surface area (Å²) in [7, 11) is 0. The molecule has 0 aromatic heterocycles. The topological polar surface area (TPSA) is 0 Å². The van der Waals surface area contributed by atoms with Crippen LogP contribution in [-0.4, -0.2) is 0 Å². The molecule has 3 aromatic carbocycles. The van der Waals surface area contributed by atoms with Crippen LogP contribution >= 0.6 is 0 Å². The maximum atomic E-state index is 14.7. The second-order valence-corrected chi connectivity index (χ2v) is 6.55. The lowest BCUT2D eigenvalue weighted by Gasteiger charge is -2.08. The van der Waals surface area contributed by atoms with Gasteiger partial charge in [-0.25, -0.2) is 4.39 Å². The molecule has 0 amide bonds. The molecular weight excluding hydrogens is 319 g/mol. The van der Waals surface area contributed by atoms with Gasteiger partial charge in [0.1, 0.15) is 5.82 Å². The minimum Gasteiger partial charge on any atom is -0.206 e. The highest BCUT2D eigenvalue weighted by Crippen LogP contribution is 2.28. The van der Waals surface area contributed by atoms with Crippen molar-refractivity contribution in [3.8, 4) is 22.3 Å². The van der Waals surface area contributed by atoms with Gasteiger partial charge in [-0.15, -0.1) is 0 Å². The third-order valence-corrected chi connectivity index (χ3v) is 4.76. The Bertz CT molecular complexity index is 871. The standard InChI is InChI=1S/C25H25F/c1-3-5-6-7-20-10-14-22(15-11-20)24-17-16-23(18-25(24)26)21-12-8-19(4-2)9-13-21/h3,5,8-18H,4,6-7H2,1-2H3. The Balaban J connectivity index is 1.80. The summed E-state index contributed by atoms with van der Waals surface area (Å²) < 4.78 is 14.7. The lowest BCUT2D eigenvalue weighted by Crippen LogP contribution is -1.89. The molecule has 0 aliphatic carbocycles. The van der Waals surface area contributed by atoms with Crippen LogP contribution < -0.4 is 0 Å². The molecule has 0 nitrogen and oxygen atoms in total. The van der Waals surface area contributed by atoms with Gasteiger partial charge in [-0.1, -0.05) is 79.7 Å². The van der Waals surface area contributed by atoms with Crippen molar-refractivity contribution in [2.45, 2.75) is 33.1 Å². The van der Waals surface area contributed by atoms with Crippen molar-refractivity contribution in [3.05, 3.63) is 95.8 Å². The summed E-state index contributed by atoms with van der Waals surface area (Å²) in [5.74, 6) is -0.177. The van der Waals surface area contributed by atoms with Gasteiger partial charge >= 0.3 is 0 Å². The Morgan fingerprint density at radius 1 is 0.769 bits per heavy atom. The summed E-state index contributed by atoms with van der Waals surface area (Å²) in [6.07, 6.45) is 7.30. The van der Waals surface area contributed by atoms with E-state index < -0.39 is 0 Å². The van der Waals surface area contributed by atoms with E-state index in [1.54, 1.807) is 6.07 Å². The first-order valence-corrected chi connectivity index (χ1v) is 9.30. The van der Waals surface area contributed by atoms with Gasteiger partial charge in [0, 0.05) is 5.56 Å². The zero-order chi connectivity index (χ0) is 18.4. The second kappa shape index (κ2) is 8.62. The van der Waals surface area contributed by atoms with Crippen LogP contribution in [0.25, 0.3) is 22.3 Å². The Hall–Kier alpha value is -2.67. The molecule has 0 bridgehead atoms. The molecule has 0 N–H and O–H groups in total. The van der Waals surface area contributed by atoms with Gasteiger partial charge in [0.25, 0.3) is 0 Å². The molecule has 0 heterocycles. The Labute approximate surface area is 156 Å². The molecule has 0 saturated heterocycles. The van der Waals surface area contributed by atoms with Crippen molar-refractivity contribution in [2.75, 3.05) is 0 Å². The quantitative estimate of drug-likeness (QED) is 0.414. The molecule has 0 saturated carbocycles. The van der Waals surface area contributed by atoms with Crippen LogP contribution in [0.2, 0.25) is 0 Å². The lowest BCUT2D eigenvalue weighted by atomic mass is 9.97. The number of aryl methyl sites for hydroxylation is 2. The van der Waals surface area contributed by atoms with E-state index in [0.29, 0.717) is 5.56 Å². The van der Waals surface area contributed by atoms with Gasteiger partial charge in [-0.05, 0) is 60.1 Å². The van der Waals surface area contributed by atoms with Crippen LogP contribution in [0.3, 0.4) is 0 Å². The minimum absolute atomic E-state index is 0.177. The third-order valence-electron chi connectivity index (χ3n) is 4.76. The van der Waals surface area contributed by atoms with Crippen molar-refractivity contribution in [1.29, 1.82) is 0 Å². The van der Waals surface area contributed by atoms with Gasteiger partial charge in [-0.3, -0.25) is 0 Å². The van der Waals surface area contributed by atoms with Crippen LogP contribution in [0.4, 0.5) is 4.39 Å². The molecule has 132 valence electrons. The molecule has 1 heteroatoms. The smallest absolute Gasteiger partial charge is 0.131 e. The Kier molecular flexibility index (Phi) is 6.01. The number of benzene rings is 3. The number of hydrogen-bond acceptors (Lipinski definition) is 0. The number of halogens is 1. The van der Waals surface area contributed by atoms with E-state index in [4.69, 9.17) is 0 Å². The van der Waals surface area contributed by atoms with E-state index in [0.717, 1.165) is 36.0 Å². The van der Waals surface area contributed by atoms with Gasteiger partial charge in [0.15, 0.2) is 0 Å². The van der Waals surface area contributed by atoms with Crippen LogP contribution in [0.1, 0.15) is 31.4 Å². The first kappa shape index (κ1) is 18.1. The van der Waals surface area contributed by atoms with Gasteiger partial charge in [0.2, 0.25) is 0 Å². The highest BCUT2D eigenvalue weighted by Gasteiger charge is 2.08. The maximum Gasteiger partial charge on any atom is 0.131 e. The van der Waals surface area contributed by atoms with Crippen LogP contribution in [-0.2, 0) is 12.8 Å². The molecule has 3 aromatic rings. The lowest BCUT2D eigenvalue weighted by molar-refractivity contribution is 0.632. The Morgan fingerprint density at radius 2 is 1.38 bits per heavy atom. The van der Waals surface area contributed by atoms with Gasteiger partial charge in [0.05, 0.1) is 0 Å². The molecule has 3 rings (SSSR count). The average Bonchev–Trinajstić information content (AvgIpc) is 2.69. The summed E-state index contributed by atoms with van der Waals surface area (Å²) in [4.78, 5) is 0. The van der Waals surface area contributed by atoms with Crippen LogP contribution in [0.5, 0.6) is 0 Å². The van der Waals surface area contributed by atoms with E-state index in [2.05, 4.69) is 55.5 Å². The fraction of sp³-hybridized carbons (Fsp3) is 0.200. The molecule has 0 aliphatic rings. The highest BCUT2D eigenvalue weighted by molar-refractivity contribution is 5.71. The fourth-order valence-electron chi connectivity index (χ4n) is 3.13. The van der Waals surface area contributed by atoms with Crippen molar-refractivity contribution in [2.24, 2.45) is 0 Å². The SMILES string of the molecule is CC=CCCc1ccc(-c2ccc(-c3ccc(CC)cc3)cc2F)cc1. The molecule has 0 unspecified atom stereocenters. The van der Waals surface area contributed by atoms with Crippen LogP contribution in [0, 0.1) is 5.82 Å². The minimum atomic E-state index is -0.177. The molecule has 0 aliphatic heterocycles. The van der Waals surface area contributed by atoms with Crippen molar-refractivity contribution >= 4 is 0 Å². The summed E-state index contributed by atoms with van der Waals surface area (Å²) in [5, 5.41) is 0. The summed E-state index contributed by atoms with van der Waals surface area (Å²) in [6, 6.07) is 22.1. The van der Waals surface area contributed by atoms with E-state index in [-0.39, 0.29) is 5.82 Å². The third kappa shape index (κ3) is 4.29. The Morgan fingerprint density at radius 3 is 2.00 bits per heavy atom. The van der Waals surface area contributed by atoms with E-state index in [9.17, 15) is 4.39 Å². The fourth-order valence-corrected chi connectivity index (χ4v) is 3.13. The second-order valence-electron chi connectivity index (χ2n) is 6.55. The zero-order valence-corrected chi connectivity index (χ0v) is 15.5. The number of rotatable bonds is 6. The van der Waals surface area contributed by atoms with E-state index in [1.165, 1.54) is 11.1 Å². The molecular formula is C25H25F. The highest BCUT2D eigenvalue weighted by atomic mass is 19.1. The molecule has 0 atom stereocenters. The molecule has 0 spiro atoms. The zero-order valence-electron chi connectivity index (χ0n) is 15.5. The van der Waals surface area contributed by atoms with Crippen molar-refractivity contribution in [1.82, 2.24) is 0 Å². The summed E-state index contributed by atoms with van der Waals surface area (Å²) in [5.41, 5.74) is 6.10. The molecule has 26 heavy (non-hydrogen) atoms. The molecule has 0 radical (unpaired) electrons. The average molecular weight is 344 g/mol. The predicted octanol–water partition coefficient (Wildman–Crippen LogP) is 7.23. The molecule has 0 fully saturated rings. The van der Waals surface area contributed by atoms with Gasteiger partial charge in [-0.2, -0.15) is 0 Å². The van der Waals surface area contributed by atoms with E-state index in [1.807, 2.05) is 31.2 Å². The number of allylic oxidation sites excluding steroid dienone is 2. The largest absolute Gasteiger partial charge is 0.206 e. The summed E-state index contributed by atoms with van der Waals surface area (Å²) >= 11 is 0. The number of hydrogen-bond donors (Lipinski definition) is 0. The van der Waals surface area contributed by atoms with E-state index >= 15 is 0 Å². The van der Waals surface area contributed by atoms with Crippen LogP contribution in [0.15, 0.2) is 78.9 Å². The van der Waals surface area contributed by atoms with Crippen molar-refractivity contribution in [3.63, 3.8) is 0 Å². The monoisotopic (exact) mass is 344 g/mol. The first-order chi connectivity index (χ1) is 12.7. The maximum absolute atomic E-state index is 14.7. The van der Waals surface area contributed by atoms with Gasteiger partial charge < -0.3 is 0 Å². The summed E-state index contributed by atoms with van der Waals surface area (Å²) in [6.45, 7) is 4.17. The van der Waals surface area contributed by atoms with Crippen molar-refractivity contribution < 1.29 is 4.39 Å². The predicted molar refractivity (Wildman–Crippen MR) is 110 cm³/mol. The normalized spacial score (nSPS) is 11.2. The first-order valence-electron chi connectivity index (χ1n) is 9.30.